The number of halogens is 4. The van der Waals surface area contributed by atoms with Crippen molar-refractivity contribution >= 4 is 22.8 Å². The predicted molar refractivity (Wildman–Crippen MR) is 86.2 cm³/mol. The van der Waals surface area contributed by atoms with Gasteiger partial charge in [-0.15, -0.1) is 0 Å². The molecule has 0 radical (unpaired) electrons. The van der Waals surface area contributed by atoms with E-state index < -0.39 is 23.7 Å². The Bertz CT molecular complexity index is 1060. The van der Waals surface area contributed by atoms with Crippen LogP contribution >= 0.6 is 0 Å². The van der Waals surface area contributed by atoms with E-state index in [9.17, 15) is 22.4 Å². The average molecular weight is 367 g/mol. The molecule has 0 saturated heterocycles. The smallest absolute Gasteiger partial charge is 0.384 e. The van der Waals surface area contributed by atoms with Crippen LogP contribution in [-0.2, 0) is 6.18 Å². The lowest BCUT2D eigenvalue weighted by molar-refractivity contribution is -0.144. The highest BCUT2D eigenvalue weighted by atomic mass is 19.4. The van der Waals surface area contributed by atoms with Gasteiger partial charge in [0.25, 0.3) is 5.91 Å². The van der Waals surface area contributed by atoms with Crippen molar-refractivity contribution in [1.29, 1.82) is 0 Å². The SMILES string of the molecule is Cc1ccc(F)c(C)c1-n1c(N)c(C(N)=O)c2cnc(C(F)(F)F)nc21. The van der Waals surface area contributed by atoms with Crippen LogP contribution < -0.4 is 11.5 Å². The minimum Gasteiger partial charge on any atom is -0.384 e. The zero-order valence-electron chi connectivity index (χ0n) is 13.6. The first-order chi connectivity index (χ1) is 12.0. The van der Waals surface area contributed by atoms with Crippen molar-refractivity contribution in [2.24, 2.45) is 5.73 Å². The van der Waals surface area contributed by atoms with Crippen LogP contribution in [0, 0.1) is 19.7 Å². The minimum atomic E-state index is -4.81. The summed E-state index contributed by atoms with van der Waals surface area (Å²) in [6.07, 6.45) is -3.97. The summed E-state index contributed by atoms with van der Waals surface area (Å²) in [5, 5.41) is -0.0499. The number of carbonyl (C=O) groups excluding carboxylic acids is 1. The summed E-state index contributed by atoms with van der Waals surface area (Å²) in [5.41, 5.74) is 11.6. The molecule has 0 atom stereocenters. The molecule has 6 nitrogen and oxygen atoms in total. The van der Waals surface area contributed by atoms with Crippen molar-refractivity contribution in [3.8, 4) is 5.69 Å². The normalized spacial score (nSPS) is 11.9. The fraction of sp³-hybridized carbons (Fsp3) is 0.188. The molecular weight excluding hydrogens is 354 g/mol. The van der Waals surface area contributed by atoms with Crippen LogP contribution in [0.5, 0.6) is 0 Å². The summed E-state index contributed by atoms with van der Waals surface area (Å²) >= 11 is 0. The molecule has 1 amide bonds. The van der Waals surface area contributed by atoms with E-state index in [1.807, 2.05) is 0 Å². The highest BCUT2D eigenvalue weighted by Gasteiger charge is 2.36. The number of aromatic nitrogens is 3. The molecule has 2 heterocycles. The van der Waals surface area contributed by atoms with Crippen molar-refractivity contribution in [2.75, 3.05) is 5.73 Å². The summed E-state index contributed by atoms with van der Waals surface area (Å²) in [4.78, 5) is 18.5. The first-order valence-corrected chi connectivity index (χ1v) is 7.34. The van der Waals surface area contributed by atoms with Crippen LogP contribution in [0.15, 0.2) is 18.3 Å². The van der Waals surface area contributed by atoms with E-state index in [0.717, 1.165) is 10.8 Å². The molecule has 1 aromatic carbocycles. The number of primary amides is 1. The second kappa shape index (κ2) is 5.68. The maximum Gasteiger partial charge on any atom is 0.451 e. The molecule has 0 aliphatic carbocycles. The number of hydrogen-bond donors (Lipinski definition) is 2. The summed E-state index contributed by atoms with van der Waals surface area (Å²) in [7, 11) is 0. The molecule has 2 aromatic heterocycles. The summed E-state index contributed by atoms with van der Waals surface area (Å²) in [6, 6.07) is 2.67. The number of nitrogens with two attached hydrogens (primary N) is 2. The number of carbonyl (C=O) groups is 1. The van der Waals surface area contributed by atoms with Gasteiger partial charge in [0.2, 0.25) is 5.82 Å². The van der Waals surface area contributed by atoms with Crippen LogP contribution in [0.1, 0.15) is 27.3 Å². The third-order valence-corrected chi connectivity index (χ3v) is 4.04. The number of benzene rings is 1. The van der Waals surface area contributed by atoms with E-state index >= 15 is 0 Å². The van der Waals surface area contributed by atoms with Gasteiger partial charge in [0.15, 0.2) is 5.65 Å². The van der Waals surface area contributed by atoms with Gasteiger partial charge in [0.1, 0.15) is 11.6 Å². The van der Waals surface area contributed by atoms with E-state index in [1.54, 1.807) is 6.92 Å². The predicted octanol–water partition coefficient (Wildman–Crippen LogP) is 2.88. The average Bonchev–Trinajstić information content (AvgIpc) is 2.82. The summed E-state index contributed by atoms with van der Waals surface area (Å²) in [5.74, 6) is -3.19. The van der Waals surface area contributed by atoms with Crippen LogP contribution in [0.3, 0.4) is 0 Å². The van der Waals surface area contributed by atoms with Crippen molar-refractivity contribution in [1.82, 2.24) is 14.5 Å². The molecule has 3 aromatic rings. The van der Waals surface area contributed by atoms with Gasteiger partial charge >= 0.3 is 6.18 Å². The molecular formula is C16H13F4N5O. The van der Waals surface area contributed by atoms with Gasteiger partial charge in [-0.25, -0.2) is 14.4 Å². The van der Waals surface area contributed by atoms with Crippen molar-refractivity contribution < 1.29 is 22.4 Å². The van der Waals surface area contributed by atoms with E-state index in [1.165, 1.54) is 19.1 Å². The maximum atomic E-state index is 14.1. The topological polar surface area (TPSA) is 99.8 Å². The Morgan fingerprint density at radius 2 is 1.88 bits per heavy atom. The van der Waals surface area contributed by atoms with Gasteiger partial charge in [-0.3, -0.25) is 9.36 Å². The third kappa shape index (κ3) is 2.54. The fourth-order valence-corrected chi connectivity index (χ4v) is 2.86. The van der Waals surface area contributed by atoms with Crippen molar-refractivity contribution in [3.05, 3.63) is 46.7 Å². The first-order valence-electron chi connectivity index (χ1n) is 7.34. The Balaban J connectivity index is 2.51. The molecule has 0 bridgehead atoms. The minimum absolute atomic E-state index is 0.0499. The van der Waals surface area contributed by atoms with Crippen LogP contribution in [0.2, 0.25) is 0 Å². The number of amides is 1. The number of hydrogen-bond acceptors (Lipinski definition) is 4. The quantitative estimate of drug-likeness (QED) is 0.680. The van der Waals surface area contributed by atoms with Gasteiger partial charge in [-0.05, 0) is 25.5 Å². The number of fused-ring (bicyclic) bond motifs is 1. The van der Waals surface area contributed by atoms with Gasteiger partial charge in [0, 0.05) is 11.8 Å². The van der Waals surface area contributed by atoms with Gasteiger partial charge in [0.05, 0.1) is 16.6 Å². The summed E-state index contributed by atoms with van der Waals surface area (Å²) in [6.45, 7) is 3.07. The Labute approximate surface area is 144 Å². The number of anilines is 1. The molecule has 3 rings (SSSR count). The lowest BCUT2D eigenvalue weighted by atomic mass is 10.1. The zero-order chi connectivity index (χ0) is 19.4. The number of rotatable bonds is 2. The monoisotopic (exact) mass is 367 g/mol. The van der Waals surface area contributed by atoms with Crippen LogP contribution in [0.4, 0.5) is 23.4 Å². The Morgan fingerprint density at radius 3 is 2.46 bits per heavy atom. The number of nitrogens with zero attached hydrogens (tertiary/aromatic N) is 3. The van der Waals surface area contributed by atoms with E-state index in [4.69, 9.17) is 11.5 Å². The second-order valence-corrected chi connectivity index (χ2v) is 5.73. The number of alkyl halides is 3. The molecule has 0 fully saturated rings. The van der Waals surface area contributed by atoms with Crippen LogP contribution in [-0.4, -0.2) is 20.4 Å². The van der Waals surface area contributed by atoms with Gasteiger partial charge < -0.3 is 11.5 Å². The van der Waals surface area contributed by atoms with Crippen molar-refractivity contribution in [3.63, 3.8) is 0 Å². The third-order valence-electron chi connectivity index (χ3n) is 4.04. The highest BCUT2D eigenvalue weighted by molar-refractivity contribution is 6.10. The molecule has 26 heavy (non-hydrogen) atoms. The van der Waals surface area contributed by atoms with Gasteiger partial charge in [-0.1, -0.05) is 6.07 Å². The fourth-order valence-electron chi connectivity index (χ4n) is 2.86. The van der Waals surface area contributed by atoms with E-state index in [2.05, 4.69) is 9.97 Å². The Hall–Kier alpha value is -3.17. The largest absolute Gasteiger partial charge is 0.451 e. The molecule has 0 aliphatic rings. The lowest BCUT2D eigenvalue weighted by Crippen LogP contribution is -2.14. The standard InChI is InChI=1S/C16H13F4N5O/c1-6-3-4-9(17)7(2)11(6)25-12(21)10(13(22)26)8-5-23-15(16(18,19)20)24-14(8)25/h3-5H,21H2,1-2H3,(H2,22,26). The molecule has 0 saturated carbocycles. The highest BCUT2D eigenvalue weighted by Crippen LogP contribution is 2.35. The lowest BCUT2D eigenvalue weighted by Gasteiger charge is -2.15. The molecule has 136 valence electrons. The molecule has 0 aliphatic heterocycles. The molecule has 10 heteroatoms. The Morgan fingerprint density at radius 1 is 1.23 bits per heavy atom. The summed E-state index contributed by atoms with van der Waals surface area (Å²) < 4.78 is 54.2. The first kappa shape index (κ1) is 17.6. The molecule has 4 N–H and O–H groups in total. The molecule has 0 unspecified atom stereocenters. The molecule has 0 spiro atoms. The zero-order valence-corrected chi connectivity index (χ0v) is 13.6. The van der Waals surface area contributed by atoms with Gasteiger partial charge in [-0.2, -0.15) is 13.2 Å². The van der Waals surface area contributed by atoms with Crippen LogP contribution in [0.25, 0.3) is 16.7 Å². The Kier molecular flexibility index (Phi) is 3.86. The van der Waals surface area contributed by atoms with E-state index in [0.29, 0.717) is 5.56 Å². The van der Waals surface area contributed by atoms with Crippen molar-refractivity contribution in [2.45, 2.75) is 20.0 Å². The number of nitrogen functional groups attached to an aromatic ring is 1. The second-order valence-electron chi connectivity index (χ2n) is 5.73. The number of aryl methyl sites for hydroxylation is 1. The van der Waals surface area contributed by atoms with E-state index in [-0.39, 0.29) is 33.7 Å². The maximum absolute atomic E-state index is 14.1.